The monoisotopic (exact) mass is 412 g/mol. The van der Waals surface area contributed by atoms with Gasteiger partial charge in [-0.15, -0.1) is 11.3 Å². The van der Waals surface area contributed by atoms with Gasteiger partial charge in [-0.25, -0.2) is 4.39 Å². The molecule has 2 rings (SSSR count). The molecule has 0 saturated carbocycles. The van der Waals surface area contributed by atoms with E-state index >= 15 is 0 Å². The number of esters is 1. The van der Waals surface area contributed by atoms with Crippen LogP contribution in [-0.2, 0) is 14.3 Å². The number of hydrogen-bond donors (Lipinski definition) is 2. The highest BCUT2D eigenvalue weighted by Gasteiger charge is 2.15. The van der Waals surface area contributed by atoms with E-state index in [9.17, 15) is 23.6 Å². The van der Waals surface area contributed by atoms with Gasteiger partial charge in [-0.05, 0) is 24.3 Å². The first-order valence-electron chi connectivity index (χ1n) is 7.64. The summed E-state index contributed by atoms with van der Waals surface area (Å²) in [4.78, 5) is 47.1. The van der Waals surface area contributed by atoms with E-state index in [1.165, 1.54) is 18.2 Å². The molecule has 0 atom stereocenters. The minimum atomic E-state index is -0.854. The minimum Gasteiger partial charge on any atom is -0.455 e. The van der Waals surface area contributed by atoms with Crippen molar-refractivity contribution in [3.63, 3.8) is 0 Å². The van der Waals surface area contributed by atoms with Crippen LogP contribution in [0.25, 0.3) is 0 Å². The number of benzene rings is 1. The number of Topliss-reactive ketones (excluding diaryl/α,β-unsaturated/α-hetero) is 1. The van der Waals surface area contributed by atoms with Crippen LogP contribution in [-0.4, -0.2) is 30.2 Å². The Kier molecular flexibility index (Phi) is 7.44. The van der Waals surface area contributed by atoms with Crippen LogP contribution >= 0.6 is 22.9 Å². The molecule has 0 saturated heterocycles. The summed E-state index contributed by atoms with van der Waals surface area (Å²) in [5, 5.41) is 0. The highest BCUT2D eigenvalue weighted by Crippen LogP contribution is 2.22. The van der Waals surface area contributed by atoms with Crippen molar-refractivity contribution in [2.75, 3.05) is 6.61 Å². The van der Waals surface area contributed by atoms with Crippen LogP contribution in [0.2, 0.25) is 4.34 Å². The molecule has 0 spiro atoms. The maximum Gasteiger partial charge on any atom is 0.306 e. The Hall–Kier alpha value is -2.78. The smallest absolute Gasteiger partial charge is 0.306 e. The number of ketones is 1. The number of nitrogens with one attached hydrogen (secondary N) is 2. The molecule has 0 unspecified atom stereocenters. The Bertz CT molecular complexity index is 871. The number of carbonyl (C=O) groups excluding carboxylic acids is 4. The summed E-state index contributed by atoms with van der Waals surface area (Å²) in [6, 6.07) is 8.37. The SMILES string of the molecule is O=C(COC(=O)CCC(=O)c1ccc(Cl)s1)NNC(=O)c1ccccc1F. The van der Waals surface area contributed by atoms with Crippen molar-refractivity contribution in [3.05, 3.63) is 57.0 Å². The van der Waals surface area contributed by atoms with Crippen molar-refractivity contribution in [1.29, 1.82) is 0 Å². The van der Waals surface area contributed by atoms with Crippen LogP contribution in [0.15, 0.2) is 36.4 Å². The first-order chi connectivity index (χ1) is 12.9. The lowest BCUT2D eigenvalue weighted by atomic mass is 10.2. The van der Waals surface area contributed by atoms with Gasteiger partial charge in [0.15, 0.2) is 12.4 Å². The third kappa shape index (κ3) is 6.46. The van der Waals surface area contributed by atoms with Gasteiger partial charge in [0, 0.05) is 6.42 Å². The Labute approximate surface area is 162 Å². The summed E-state index contributed by atoms with van der Waals surface area (Å²) in [7, 11) is 0. The first kappa shape index (κ1) is 20.5. The highest BCUT2D eigenvalue weighted by atomic mass is 35.5. The van der Waals surface area contributed by atoms with Crippen molar-refractivity contribution in [1.82, 2.24) is 10.9 Å². The lowest BCUT2D eigenvalue weighted by molar-refractivity contribution is -0.148. The zero-order valence-electron chi connectivity index (χ0n) is 13.8. The second kappa shape index (κ2) is 9.79. The van der Waals surface area contributed by atoms with E-state index in [4.69, 9.17) is 16.3 Å². The van der Waals surface area contributed by atoms with Crippen LogP contribution in [0.3, 0.4) is 0 Å². The van der Waals surface area contributed by atoms with E-state index < -0.39 is 30.2 Å². The number of halogens is 2. The van der Waals surface area contributed by atoms with E-state index in [1.54, 1.807) is 12.1 Å². The lowest BCUT2D eigenvalue weighted by Gasteiger charge is -2.08. The molecule has 0 radical (unpaired) electrons. The van der Waals surface area contributed by atoms with Crippen LogP contribution in [0, 0.1) is 5.82 Å². The molecule has 0 aliphatic carbocycles. The standard InChI is InChI=1S/C17H14ClFN2O5S/c18-14-7-6-13(27-14)12(22)5-8-16(24)26-9-15(23)20-21-17(25)10-3-1-2-4-11(10)19/h1-4,6-7H,5,8-9H2,(H,20,23)(H,21,25). The zero-order chi connectivity index (χ0) is 19.8. The van der Waals surface area contributed by atoms with Crippen LogP contribution in [0.5, 0.6) is 0 Å². The molecule has 2 aromatic rings. The molecule has 2 N–H and O–H groups in total. The Morgan fingerprint density at radius 2 is 1.78 bits per heavy atom. The summed E-state index contributed by atoms with van der Waals surface area (Å²) in [6.45, 7) is -0.657. The van der Waals surface area contributed by atoms with Crippen molar-refractivity contribution < 1.29 is 28.3 Å². The Morgan fingerprint density at radius 3 is 2.44 bits per heavy atom. The van der Waals surface area contributed by atoms with Crippen molar-refractivity contribution in [2.24, 2.45) is 0 Å². The predicted molar refractivity (Wildman–Crippen MR) is 95.9 cm³/mol. The van der Waals surface area contributed by atoms with Crippen molar-refractivity contribution in [2.45, 2.75) is 12.8 Å². The van der Waals surface area contributed by atoms with Gasteiger partial charge in [0.1, 0.15) is 5.82 Å². The van der Waals surface area contributed by atoms with Crippen LogP contribution in [0.1, 0.15) is 32.9 Å². The molecule has 0 bridgehead atoms. The summed E-state index contributed by atoms with van der Waals surface area (Å²) < 4.78 is 18.6. The number of hydrogen-bond acceptors (Lipinski definition) is 6. The average molecular weight is 413 g/mol. The number of ether oxygens (including phenoxy) is 1. The fraction of sp³-hybridized carbons (Fsp3) is 0.176. The summed E-state index contributed by atoms with van der Waals surface area (Å²) in [5.41, 5.74) is 3.75. The van der Waals surface area contributed by atoms with Gasteiger partial charge in [-0.3, -0.25) is 30.0 Å². The molecule has 1 aromatic heterocycles. The second-order valence-electron chi connectivity index (χ2n) is 5.17. The number of hydrazine groups is 1. The van der Waals surface area contributed by atoms with Gasteiger partial charge in [-0.1, -0.05) is 23.7 Å². The summed E-state index contributed by atoms with van der Waals surface area (Å²) in [5.74, 6) is -3.42. The van der Waals surface area contributed by atoms with Crippen molar-refractivity contribution in [3.8, 4) is 0 Å². The minimum absolute atomic E-state index is 0.0820. The van der Waals surface area contributed by atoms with Crippen LogP contribution < -0.4 is 10.9 Å². The quantitative estimate of drug-likeness (QED) is 0.413. The predicted octanol–water partition coefficient (Wildman–Crippen LogP) is 2.51. The van der Waals surface area contributed by atoms with E-state index in [-0.39, 0.29) is 24.2 Å². The molecule has 0 aliphatic rings. The second-order valence-corrected chi connectivity index (χ2v) is 6.88. The van der Waals surface area contributed by atoms with Gasteiger partial charge >= 0.3 is 5.97 Å². The van der Waals surface area contributed by atoms with Gasteiger partial charge in [0.25, 0.3) is 11.8 Å². The average Bonchev–Trinajstić information content (AvgIpc) is 3.09. The summed E-state index contributed by atoms with van der Waals surface area (Å²) >= 11 is 6.84. The lowest BCUT2D eigenvalue weighted by Crippen LogP contribution is -2.43. The highest BCUT2D eigenvalue weighted by molar-refractivity contribution is 7.18. The molecule has 1 aromatic carbocycles. The Morgan fingerprint density at radius 1 is 1.04 bits per heavy atom. The Balaban J connectivity index is 1.67. The third-order valence-corrected chi connectivity index (χ3v) is 4.47. The molecular weight excluding hydrogens is 399 g/mol. The molecule has 0 aliphatic heterocycles. The molecule has 10 heteroatoms. The fourth-order valence-corrected chi connectivity index (χ4v) is 2.91. The van der Waals surface area contributed by atoms with Gasteiger partial charge < -0.3 is 4.74 Å². The normalized spacial score (nSPS) is 10.1. The topological polar surface area (TPSA) is 102 Å². The van der Waals surface area contributed by atoms with E-state index in [0.29, 0.717) is 9.21 Å². The maximum atomic E-state index is 13.4. The van der Waals surface area contributed by atoms with Crippen molar-refractivity contribution >= 4 is 46.5 Å². The number of thiophene rings is 1. The number of carbonyl (C=O) groups is 4. The molecule has 142 valence electrons. The fourth-order valence-electron chi connectivity index (χ4n) is 1.90. The molecular formula is C17H14ClFN2O5S. The van der Waals surface area contributed by atoms with Gasteiger partial charge in [0.2, 0.25) is 0 Å². The molecule has 27 heavy (non-hydrogen) atoms. The van der Waals surface area contributed by atoms with Gasteiger partial charge in [0.05, 0.1) is 21.2 Å². The van der Waals surface area contributed by atoms with E-state index in [2.05, 4.69) is 0 Å². The van der Waals surface area contributed by atoms with E-state index in [1.807, 2.05) is 10.9 Å². The molecule has 1 heterocycles. The molecule has 2 amide bonds. The molecule has 0 fully saturated rings. The number of rotatable bonds is 7. The maximum absolute atomic E-state index is 13.4. The summed E-state index contributed by atoms with van der Waals surface area (Å²) in [6.07, 6.45) is -0.287. The third-order valence-electron chi connectivity index (χ3n) is 3.20. The van der Waals surface area contributed by atoms with Crippen LogP contribution in [0.4, 0.5) is 4.39 Å². The largest absolute Gasteiger partial charge is 0.455 e. The van der Waals surface area contributed by atoms with Gasteiger partial charge in [-0.2, -0.15) is 0 Å². The van der Waals surface area contributed by atoms with E-state index in [0.717, 1.165) is 17.4 Å². The first-order valence-corrected chi connectivity index (χ1v) is 8.84. The molecule has 7 nitrogen and oxygen atoms in total. The zero-order valence-corrected chi connectivity index (χ0v) is 15.4. The number of amides is 2.